The summed E-state index contributed by atoms with van der Waals surface area (Å²) in [5.74, 6) is 2.03. The highest BCUT2D eigenvalue weighted by Gasteiger charge is 2.20. The van der Waals surface area contributed by atoms with Crippen molar-refractivity contribution in [3.63, 3.8) is 0 Å². The second-order valence-electron chi connectivity index (χ2n) is 6.80. The van der Waals surface area contributed by atoms with E-state index in [1.54, 1.807) is 18.4 Å². The molecule has 0 amide bonds. The number of benzene rings is 2. The molecule has 0 spiro atoms. The largest absolute Gasteiger partial charge is 0.493 e. The number of aromatic nitrogens is 3. The van der Waals surface area contributed by atoms with Crippen LogP contribution in [0.2, 0.25) is 0 Å². The van der Waals surface area contributed by atoms with Gasteiger partial charge in [0.15, 0.2) is 16.6 Å². The van der Waals surface area contributed by atoms with E-state index in [0.717, 1.165) is 32.6 Å². The van der Waals surface area contributed by atoms with E-state index in [-0.39, 0.29) is 6.79 Å². The van der Waals surface area contributed by atoms with Gasteiger partial charge in [0.25, 0.3) is 0 Å². The van der Waals surface area contributed by atoms with E-state index in [1.165, 1.54) is 0 Å². The molecule has 2 aromatic carbocycles. The Labute approximate surface area is 177 Å². The summed E-state index contributed by atoms with van der Waals surface area (Å²) in [6, 6.07) is 16.0. The van der Waals surface area contributed by atoms with Crippen molar-refractivity contribution in [1.29, 1.82) is 0 Å². The van der Waals surface area contributed by atoms with E-state index in [1.807, 2.05) is 66.3 Å². The molecule has 0 unspecified atom stereocenters. The SMILES string of the molecule is COc1cc(CNc2nc(C)c(-c3ccn(-c4ccccc4)n3)s2)cc2c1OCO2. The third-order valence-electron chi connectivity index (χ3n) is 4.80. The Bertz CT molecular complexity index is 1190. The van der Waals surface area contributed by atoms with Gasteiger partial charge in [0.1, 0.15) is 5.69 Å². The molecule has 5 rings (SSSR count). The van der Waals surface area contributed by atoms with Gasteiger partial charge >= 0.3 is 0 Å². The molecule has 30 heavy (non-hydrogen) atoms. The van der Waals surface area contributed by atoms with Gasteiger partial charge in [-0.25, -0.2) is 9.67 Å². The van der Waals surface area contributed by atoms with Gasteiger partial charge in [0, 0.05) is 12.7 Å². The molecular formula is C22H20N4O3S. The summed E-state index contributed by atoms with van der Waals surface area (Å²) in [6.07, 6.45) is 1.97. The number of ether oxygens (including phenoxy) is 3. The van der Waals surface area contributed by atoms with E-state index in [0.29, 0.717) is 23.8 Å². The first kappa shape index (κ1) is 18.5. The van der Waals surface area contributed by atoms with Crippen LogP contribution in [0.1, 0.15) is 11.3 Å². The number of thiazole rings is 1. The number of hydrogen-bond donors (Lipinski definition) is 1. The van der Waals surface area contributed by atoms with Crippen molar-refractivity contribution in [2.45, 2.75) is 13.5 Å². The quantitative estimate of drug-likeness (QED) is 0.489. The Kier molecular flexibility index (Phi) is 4.76. The number of anilines is 1. The summed E-state index contributed by atoms with van der Waals surface area (Å²) in [6.45, 7) is 2.81. The predicted octanol–water partition coefficient (Wildman–Crippen LogP) is 4.65. The number of hydrogen-bond acceptors (Lipinski definition) is 7. The summed E-state index contributed by atoms with van der Waals surface area (Å²) < 4.78 is 18.2. The minimum Gasteiger partial charge on any atom is -0.493 e. The highest BCUT2D eigenvalue weighted by molar-refractivity contribution is 7.19. The Hall–Kier alpha value is -3.52. The van der Waals surface area contributed by atoms with Crippen molar-refractivity contribution in [3.05, 3.63) is 66.0 Å². The molecule has 1 N–H and O–H groups in total. The van der Waals surface area contributed by atoms with Crippen LogP contribution < -0.4 is 19.5 Å². The van der Waals surface area contributed by atoms with Gasteiger partial charge < -0.3 is 19.5 Å². The molecule has 4 aromatic rings. The number of rotatable bonds is 6. The zero-order chi connectivity index (χ0) is 20.5. The molecule has 0 aliphatic carbocycles. The van der Waals surface area contributed by atoms with Crippen LogP contribution in [0.25, 0.3) is 16.3 Å². The van der Waals surface area contributed by atoms with Gasteiger partial charge in [-0.05, 0) is 42.8 Å². The average Bonchev–Trinajstić information content (AvgIpc) is 3.51. The average molecular weight is 420 g/mol. The lowest BCUT2D eigenvalue weighted by molar-refractivity contribution is 0.171. The summed E-state index contributed by atoms with van der Waals surface area (Å²) in [5, 5.41) is 8.95. The Morgan fingerprint density at radius 1 is 1.17 bits per heavy atom. The molecular weight excluding hydrogens is 400 g/mol. The first-order valence-corrected chi connectivity index (χ1v) is 10.3. The van der Waals surface area contributed by atoms with E-state index in [2.05, 4.69) is 10.3 Å². The number of nitrogens with one attached hydrogen (secondary N) is 1. The van der Waals surface area contributed by atoms with E-state index in [4.69, 9.17) is 19.3 Å². The standard InChI is InChI=1S/C22H20N4O3S/c1-14-21(17-8-9-26(25-17)16-6-4-3-5-7-16)30-22(24-14)23-12-15-10-18(27-2)20-19(11-15)28-13-29-20/h3-11H,12-13H2,1-2H3,(H,23,24). The number of fused-ring (bicyclic) bond motifs is 1. The van der Waals surface area contributed by atoms with Gasteiger partial charge in [-0.15, -0.1) is 0 Å². The molecule has 0 atom stereocenters. The second kappa shape index (κ2) is 7.72. The van der Waals surface area contributed by atoms with Crippen LogP contribution in [0.15, 0.2) is 54.7 Å². The highest BCUT2D eigenvalue weighted by atomic mass is 32.1. The maximum absolute atomic E-state index is 5.50. The van der Waals surface area contributed by atoms with Crippen LogP contribution in [-0.4, -0.2) is 28.7 Å². The smallest absolute Gasteiger partial charge is 0.231 e. The Morgan fingerprint density at radius 3 is 2.87 bits per heavy atom. The molecule has 1 aliphatic rings. The summed E-state index contributed by atoms with van der Waals surface area (Å²) >= 11 is 1.59. The lowest BCUT2D eigenvalue weighted by Gasteiger charge is -2.08. The fraction of sp³-hybridized carbons (Fsp3) is 0.182. The fourth-order valence-corrected chi connectivity index (χ4v) is 4.27. The van der Waals surface area contributed by atoms with E-state index < -0.39 is 0 Å². The van der Waals surface area contributed by atoms with Crippen molar-refractivity contribution in [2.24, 2.45) is 0 Å². The molecule has 7 nitrogen and oxygen atoms in total. The van der Waals surface area contributed by atoms with Crippen molar-refractivity contribution in [3.8, 4) is 33.5 Å². The molecule has 0 saturated carbocycles. The minimum absolute atomic E-state index is 0.216. The van der Waals surface area contributed by atoms with Gasteiger partial charge in [0.2, 0.25) is 12.5 Å². The molecule has 0 bridgehead atoms. The van der Waals surface area contributed by atoms with Gasteiger partial charge in [-0.2, -0.15) is 5.10 Å². The van der Waals surface area contributed by atoms with Gasteiger partial charge in [-0.3, -0.25) is 0 Å². The summed E-state index contributed by atoms with van der Waals surface area (Å²) in [7, 11) is 1.62. The highest BCUT2D eigenvalue weighted by Crippen LogP contribution is 2.42. The molecule has 0 saturated heterocycles. The minimum atomic E-state index is 0.216. The van der Waals surface area contributed by atoms with Crippen LogP contribution in [0.5, 0.6) is 17.2 Å². The van der Waals surface area contributed by atoms with Crippen LogP contribution in [0, 0.1) is 6.92 Å². The monoisotopic (exact) mass is 420 g/mol. The molecule has 152 valence electrons. The third-order valence-corrected chi connectivity index (χ3v) is 5.94. The normalized spacial score (nSPS) is 12.2. The third kappa shape index (κ3) is 3.46. The lowest BCUT2D eigenvalue weighted by atomic mass is 10.2. The van der Waals surface area contributed by atoms with Crippen molar-refractivity contribution in [1.82, 2.24) is 14.8 Å². The number of methoxy groups -OCH3 is 1. The van der Waals surface area contributed by atoms with E-state index in [9.17, 15) is 0 Å². The number of nitrogens with zero attached hydrogens (tertiary/aromatic N) is 3. The van der Waals surface area contributed by atoms with Crippen LogP contribution >= 0.6 is 11.3 Å². The fourth-order valence-electron chi connectivity index (χ4n) is 3.34. The van der Waals surface area contributed by atoms with Crippen molar-refractivity contribution < 1.29 is 14.2 Å². The molecule has 0 radical (unpaired) electrons. The van der Waals surface area contributed by atoms with Gasteiger partial charge in [-0.1, -0.05) is 29.5 Å². The van der Waals surface area contributed by atoms with E-state index >= 15 is 0 Å². The Balaban J connectivity index is 1.34. The summed E-state index contributed by atoms with van der Waals surface area (Å²) in [5.41, 5.74) is 3.91. The molecule has 8 heteroatoms. The van der Waals surface area contributed by atoms with Crippen molar-refractivity contribution in [2.75, 3.05) is 19.2 Å². The maximum Gasteiger partial charge on any atom is 0.231 e. The number of aryl methyl sites for hydroxylation is 1. The Morgan fingerprint density at radius 2 is 2.03 bits per heavy atom. The van der Waals surface area contributed by atoms with Crippen LogP contribution in [0.3, 0.4) is 0 Å². The second-order valence-corrected chi connectivity index (χ2v) is 7.80. The summed E-state index contributed by atoms with van der Waals surface area (Å²) in [4.78, 5) is 5.72. The molecule has 1 aliphatic heterocycles. The van der Waals surface area contributed by atoms with Crippen LogP contribution in [-0.2, 0) is 6.54 Å². The van der Waals surface area contributed by atoms with Gasteiger partial charge in [0.05, 0.1) is 23.4 Å². The molecule has 3 heterocycles. The lowest BCUT2D eigenvalue weighted by Crippen LogP contribution is -1.99. The maximum atomic E-state index is 5.50. The zero-order valence-electron chi connectivity index (χ0n) is 16.6. The molecule has 2 aromatic heterocycles. The first-order chi connectivity index (χ1) is 14.7. The topological polar surface area (TPSA) is 70.4 Å². The van der Waals surface area contributed by atoms with Crippen molar-refractivity contribution >= 4 is 16.5 Å². The first-order valence-electron chi connectivity index (χ1n) is 9.50. The zero-order valence-corrected chi connectivity index (χ0v) is 17.4. The number of para-hydroxylation sites is 1. The molecule has 0 fully saturated rings. The predicted molar refractivity (Wildman–Crippen MR) is 116 cm³/mol. The van der Waals surface area contributed by atoms with Crippen LogP contribution in [0.4, 0.5) is 5.13 Å².